The number of ether oxygens (including phenoxy) is 1. The Kier molecular flexibility index (Phi) is 4.84. The number of nitrogens with zero attached hydrogens (tertiary/aromatic N) is 3. The second-order valence-electron chi connectivity index (χ2n) is 5.38. The second-order valence-corrected chi connectivity index (χ2v) is 5.99. The molecule has 3 rings (SSSR count). The van der Waals surface area contributed by atoms with Crippen molar-refractivity contribution in [3.8, 4) is 5.69 Å². The van der Waals surface area contributed by atoms with E-state index < -0.39 is 0 Å². The lowest BCUT2D eigenvalue weighted by Crippen LogP contribution is -2.21. The van der Waals surface area contributed by atoms with Crippen molar-refractivity contribution in [1.29, 1.82) is 0 Å². The van der Waals surface area contributed by atoms with Crippen molar-refractivity contribution in [2.45, 2.75) is 19.4 Å². The van der Waals surface area contributed by atoms with Crippen LogP contribution in [0.15, 0.2) is 35.5 Å². The van der Waals surface area contributed by atoms with Crippen LogP contribution in [-0.4, -0.2) is 33.8 Å². The van der Waals surface area contributed by atoms with Crippen molar-refractivity contribution in [3.63, 3.8) is 0 Å². The van der Waals surface area contributed by atoms with Crippen LogP contribution in [0.4, 0.5) is 5.69 Å². The minimum absolute atomic E-state index is 0.0672. The van der Waals surface area contributed by atoms with Crippen LogP contribution in [0.2, 0.25) is 0 Å². The maximum Gasteiger partial charge on any atom is 0.279 e. The fourth-order valence-electron chi connectivity index (χ4n) is 2.66. The number of nitrogens with one attached hydrogen (secondary N) is 1. The zero-order valence-electron chi connectivity index (χ0n) is 12.6. The summed E-state index contributed by atoms with van der Waals surface area (Å²) in [5.41, 5.74) is 1.30. The van der Waals surface area contributed by atoms with E-state index in [2.05, 4.69) is 9.82 Å². The fraction of sp³-hybridized carbons (Fsp3) is 0.467. The summed E-state index contributed by atoms with van der Waals surface area (Å²) in [6.45, 7) is 2.54. The molecular weight excluding hydrogens is 300 g/mol. The Labute approximate surface area is 133 Å². The van der Waals surface area contributed by atoms with Gasteiger partial charge < -0.3 is 9.46 Å². The average Bonchev–Trinajstić information content (AvgIpc) is 2.99. The molecule has 1 aliphatic rings. The molecule has 2 aromatic rings. The van der Waals surface area contributed by atoms with Gasteiger partial charge in [0.1, 0.15) is 5.69 Å². The Hall–Kier alpha value is -1.73. The minimum atomic E-state index is -0.0672. The zero-order chi connectivity index (χ0) is 15.4. The highest BCUT2D eigenvalue weighted by Gasteiger charge is 2.15. The van der Waals surface area contributed by atoms with E-state index in [1.807, 2.05) is 23.2 Å². The van der Waals surface area contributed by atoms with Gasteiger partial charge in [0.2, 0.25) is 0 Å². The molecule has 0 radical (unpaired) electrons. The first-order valence-corrected chi connectivity index (χ1v) is 8.61. The van der Waals surface area contributed by atoms with E-state index in [9.17, 15) is 4.79 Å². The van der Waals surface area contributed by atoms with Gasteiger partial charge in [0.25, 0.3) is 5.56 Å². The topological polar surface area (TPSA) is 61.1 Å². The molecule has 1 saturated heterocycles. The van der Waals surface area contributed by atoms with E-state index in [0.717, 1.165) is 38.3 Å². The molecule has 0 aromatic carbocycles. The molecule has 0 unspecified atom stereocenters. The molecule has 0 bridgehead atoms. The van der Waals surface area contributed by atoms with Gasteiger partial charge in [-0.25, -0.2) is 0 Å². The molecule has 7 heteroatoms. The fourth-order valence-corrected chi connectivity index (χ4v) is 3.03. The van der Waals surface area contributed by atoms with Crippen molar-refractivity contribution >= 4 is 17.6 Å². The molecule has 0 saturated carbocycles. The Morgan fingerprint density at radius 1 is 1.45 bits per heavy atom. The van der Waals surface area contributed by atoms with Gasteiger partial charge in [-0.1, -0.05) is 11.9 Å². The number of aromatic nitrogens is 3. The zero-order valence-corrected chi connectivity index (χ0v) is 13.4. The van der Waals surface area contributed by atoms with Crippen LogP contribution in [-0.2, 0) is 11.3 Å². The summed E-state index contributed by atoms with van der Waals surface area (Å²) in [6, 6.07) is 3.64. The van der Waals surface area contributed by atoms with Crippen LogP contribution < -0.4 is 10.3 Å². The lowest BCUT2D eigenvalue weighted by atomic mass is 10.0. The largest absolute Gasteiger partial charge is 0.381 e. The molecule has 1 aliphatic heterocycles. The highest BCUT2D eigenvalue weighted by Crippen LogP contribution is 2.17. The summed E-state index contributed by atoms with van der Waals surface area (Å²) in [4.78, 5) is 12.4. The van der Waals surface area contributed by atoms with Gasteiger partial charge in [-0.2, -0.15) is 5.10 Å². The second kappa shape index (κ2) is 7.02. The standard InChI is InChI=1S/C15H20N4O2S/c1-22-17-14-3-2-6-19(15(14)20)13-9-16-18(11-13)10-12-4-7-21-8-5-12/h2-3,6,9,11-12,17H,4-5,7-8,10H2,1H3. The van der Waals surface area contributed by atoms with E-state index >= 15 is 0 Å². The van der Waals surface area contributed by atoms with Crippen LogP contribution in [0.5, 0.6) is 0 Å². The highest BCUT2D eigenvalue weighted by atomic mass is 32.2. The van der Waals surface area contributed by atoms with Crippen LogP contribution in [0.1, 0.15) is 12.8 Å². The molecule has 6 nitrogen and oxygen atoms in total. The van der Waals surface area contributed by atoms with E-state index in [1.54, 1.807) is 23.0 Å². The minimum Gasteiger partial charge on any atom is -0.381 e. The van der Waals surface area contributed by atoms with Gasteiger partial charge >= 0.3 is 0 Å². The predicted octanol–water partition coefficient (Wildman–Crippen LogP) is 2.15. The van der Waals surface area contributed by atoms with Crippen molar-refractivity contribution in [2.75, 3.05) is 24.2 Å². The molecule has 1 fully saturated rings. The van der Waals surface area contributed by atoms with Gasteiger partial charge in [-0.05, 0) is 30.9 Å². The molecule has 22 heavy (non-hydrogen) atoms. The Morgan fingerprint density at radius 3 is 3.05 bits per heavy atom. The van der Waals surface area contributed by atoms with Crippen molar-refractivity contribution in [1.82, 2.24) is 14.3 Å². The molecule has 0 spiro atoms. The molecule has 0 aliphatic carbocycles. The number of hydrogen-bond acceptors (Lipinski definition) is 5. The molecule has 3 heterocycles. The van der Waals surface area contributed by atoms with Crippen molar-refractivity contribution in [2.24, 2.45) is 5.92 Å². The lowest BCUT2D eigenvalue weighted by molar-refractivity contribution is 0.0601. The van der Waals surface area contributed by atoms with Gasteiger partial charge in [-0.3, -0.25) is 14.0 Å². The van der Waals surface area contributed by atoms with Gasteiger partial charge in [0.15, 0.2) is 0 Å². The SMILES string of the molecule is CSNc1cccn(-c2cnn(CC3CCOCC3)c2)c1=O. The monoisotopic (exact) mass is 320 g/mol. The third-order valence-corrected chi connectivity index (χ3v) is 4.27. The Bertz CT molecular complexity index is 676. The molecule has 0 amide bonds. The van der Waals surface area contributed by atoms with Crippen molar-refractivity contribution < 1.29 is 4.74 Å². The smallest absolute Gasteiger partial charge is 0.279 e. The molecule has 118 valence electrons. The Balaban J connectivity index is 1.78. The third-order valence-electron chi connectivity index (χ3n) is 3.84. The quantitative estimate of drug-likeness (QED) is 0.855. The average molecular weight is 320 g/mol. The van der Waals surface area contributed by atoms with Gasteiger partial charge in [0, 0.05) is 38.4 Å². The van der Waals surface area contributed by atoms with E-state index in [-0.39, 0.29) is 5.56 Å². The first-order chi connectivity index (χ1) is 10.8. The van der Waals surface area contributed by atoms with Crippen LogP contribution in [0.3, 0.4) is 0 Å². The number of rotatable bonds is 5. The molecule has 2 aromatic heterocycles. The maximum absolute atomic E-state index is 12.4. The number of pyridine rings is 1. The number of anilines is 1. The lowest BCUT2D eigenvalue weighted by Gasteiger charge is -2.21. The highest BCUT2D eigenvalue weighted by molar-refractivity contribution is 7.99. The normalized spacial score (nSPS) is 15.9. The van der Waals surface area contributed by atoms with Gasteiger partial charge in [-0.15, -0.1) is 0 Å². The first-order valence-electron chi connectivity index (χ1n) is 7.39. The first kappa shape index (κ1) is 15.2. The summed E-state index contributed by atoms with van der Waals surface area (Å²) in [5, 5.41) is 4.39. The van der Waals surface area contributed by atoms with Crippen molar-refractivity contribution in [3.05, 3.63) is 41.1 Å². The van der Waals surface area contributed by atoms with E-state index in [1.165, 1.54) is 11.9 Å². The van der Waals surface area contributed by atoms with Crippen LogP contribution in [0.25, 0.3) is 5.69 Å². The Morgan fingerprint density at radius 2 is 2.27 bits per heavy atom. The summed E-state index contributed by atoms with van der Waals surface area (Å²) in [6.07, 6.45) is 9.47. The third kappa shape index (κ3) is 3.36. The van der Waals surface area contributed by atoms with Crippen LogP contribution in [0, 0.1) is 5.92 Å². The molecule has 0 atom stereocenters. The summed E-state index contributed by atoms with van der Waals surface area (Å²) in [7, 11) is 0. The van der Waals surface area contributed by atoms with E-state index in [4.69, 9.17) is 4.74 Å². The van der Waals surface area contributed by atoms with Crippen LogP contribution >= 0.6 is 11.9 Å². The summed E-state index contributed by atoms with van der Waals surface area (Å²) < 4.78 is 11.9. The summed E-state index contributed by atoms with van der Waals surface area (Å²) in [5.74, 6) is 0.600. The van der Waals surface area contributed by atoms with Gasteiger partial charge in [0.05, 0.1) is 11.9 Å². The molecular formula is C15H20N4O2S. The number of hydrogen-bond donors (Lipinski definition) is 1. The summed E-state index contributed by atoms with van der Waals surface area (Å²) >= 11 is 1.41. The maximum atomic E-state index is 12.4. The predicted molar refractivity (Wildman–Crippen MR) is 88.5 cm³/mol. The van der Waals surface area contributed by atoms with E-state index in [0.29, 0.717) is 11.6 Å². The molecule has 1 N–H and O–H groups in total.